The fourth-order valence-electron chi connectivity index (χ4n) is 1.63. The van der Waals surface area contributed by atoms with Gasteiger partial charge in [-0.05, 0) is 25.3 Å². The van der Waals surface area contributed by atoms with Gasteiger partial charge in [-0.1, -0.05) is 35.5 Å². The van der Waals surface area contributed by atoms with Crippen molar-refractivity contribution in [2.45, 2.75) is 32.2 Å². The largest absolute Gasteiger partial charge is 0.409 e. The number of nitrogens with one attached hydrogen (secondary N) is 1. The second kappa shape index (κ2) is 7.32. The zero-order valence-electron chi connectivity index (χ0n) is 10.5. The van der Waals surface area contributed by atoms with Gasteiger partial charge in [-0.2, -0.15) is 0 Å². The van der Waals surface area contributed by atoms with E-state index >= 15 is 0 Å². The van der Waals surface area contributed by atoms with E-state index in [0.29, 0.717) is 0 Å². The number of benzene rings is 1. The molecule has 4 N–H and O–H groups in total. The average Bonchev–Trinajstić information content (AvgIpc) is 2.37. The van der Waals surface area contributed by atoms with E-state index in [-0.39, 0.29) is 24.2 Å². The highest BCUT2D eigenvalue weighted by molar-refractivity contribution is 5.98. The molecule has 1 unspecified atom stereocenters. The van der Waals surface area contributed by atoms with Gasteiger partial charge in [0.15, 0.2) is 0 Å². The highest BCUT2D eigenvalue weighted by atomic mass is 16.4. The number of amidine groups is 1. The van der Waals surface area contributed by atoms with Gasteiger partial charge in [-0.25, -0.2) is 0 Å². The molecule has 5 nitrogen and oxygen atoms in total. The Morgan fingerprint density at radius 2 is 2.11 bits per heavy atom. The van der Waals surface area contributed by atoms with Crippen molar-refractivity contribution in [3.63, 3.8) is 0 Å². The molecule has 0 aromatic heterocycles. The third-order valence-electron chi connectivity index (χ3n) is 2.59. The Balaban J connectivity index is 2.29. The molecule has 1 atom stereocenters. The second-order valence-corrected chi connectivity index (χ2v) is 4.26. The maximum Gasteiger partial charge on any atom is 0.227 e. The summed E-state index contributed by atoms with van der Waals surface area (Å²) in [6, 6.07) is 10.2. The molecule has 0 spiro atoms. The fourth-order valence-corrected chi connectivity index (χ4v) is 1.63. The number of hydrogen-bond donors (Lipinski definition) is 3. The summed E-state index contributed by atoms with van der Waals surface area (Å²) in [7, 11) is 0. The summed E-state index contributed by atoms with van der Waals surface area (Å²) in [5, 5.41) is 13.9. The van der Waals surface area contributed by atoms with Crippen molar-refractivity contribution in [2.24, 2.45) is 10.9 Å². The minimum atomic E-state index is -0.231. The number of nitrogens with two attached hydrogens (primary N) is 1. The molecule has 0 bridgehead atoms. The van der Waals surface area contributed by atoms with E-state index in [4.69, 9.17) is 10.9 Å². The number of hydrogen-bond acceptors (Lipinski definition) is 3. The smallest absolute Gasteiger partial charge is 0.227 e. The first kappa shape index (κ1) is 14.0. The Morgan fingerprint density at radius 3 is 2.72 bits per heavy atom. The molecule has 0 aliphatic rings. The second-order valence-electron chi connectivity index (χ2n) is 4.26. The number of oxime groups is 1. The Bertz CT molecular complexity index is 404. The van der Waals surface area contributed by atoms with Gasteiger partial charge in [0.05, 0.1) is 6.42 Å². The highest BCUT2D eigenvalue weighted by Gasteiger charge is 2.09. The van der Waals surface area contributed by atoms with Gasteiger partial charge < -0.3 is 16.3 Å². The van der Waals surface area contributed by atoms with Gasteiger partial charge in [0.1, 0.15) is 5.84 Å². The summed E-state index contributed by atoms with van der Waals surface area (Å²) in [6.07, 6.45) is 1.68. The van der Waals surface area contributed by atoms with Crippen LogP contribution in [0.3, 0.4) is 0 Å². The molecule has 18 heavy (non-hydrogen) atoms. The molecule has 5 heteroatoms. The molecular formula is C13H19N3O2. The number of carbonyl (C=O) groups is 1. The lowest BCUT2D eigenvalue weighted by Crippen LogP contribution is -2.35. The monoisotopic (exact) mass is 249 g/mol. The van der Waals surface area contributed by atoms with Gasteiger partial charge in [0.2, 0.25) is 5.91 Å². The lowest BCUT2D eigenvalue weighted by atomic mass is 10.1. The average molecular weight is 249 g/mol. The van der Waals surface area contributed by atoms with Crippen molar-refractivity contribution in [1.29, 1.82) is 0 Å². The topological polar surface area (TPSA) is 87.7 Å². The molecule has 1 aromatic carbocycles. The standard InChI is InChI=1S/C13H19N3O2/c1-10(15-13(17)9-12(14)16-18)7-8-11-5-3-2-4-6-11/h2-6,10,18H,7-9H2,1H3,(H2,14,16)(H,15,17). The Morgan fingerprint density at radius 1 is 1.44 bits per heavy atom. The van der Waals surface area contributed by atoms with E-state index in [0.717, 1.165) is 12.8 Å². The SMILES string of the molecule is CC(CCc1ccccc1)NC(=O)CC(N)=NO. The minimum absolute atomic E-state index is 0.0594. The van der Waals surface area contributed by atoms with E-state index in [9.17, 15) is 4.79 Å². The van der Waals surface area contributed by atoms with Crippen molar-refractivity contribution in [3.8, 4) is 0 Å². The minimum Gasteiger partial charge on any atom is -0.409 e. The van der Waals surface area contributed by atoms with Gasteiger partial charge in [0.25, 0.3) is 0 Å². The molecule has 98 valence electrons. The number of nitrogens with zero attached hydrogens (tertiary/aromatic N) is 1. The van der Waals surface area contributed by atoms with Crippen LogP contribution in [0.15, 0.2) is 35.5 Å². The zero-order chi connectivity index (χ0) is 13.4. The Hall–Kier alpha value is -2.04. The predicted molar refractivity (Wildman–Crippen MR) is 70.4 cm³/mol. The maximum atomic E-state index is 11.5. The number of rotatable bonds is 6. The normalized spacial score (nSPS) is 13.1. The van der Waals surface area contributed by atoms with Crippen molar-refractivity contribution in [3.05, 3.63) is 35.9 Å². The van der Waals surface area contributed by atoms with E-state index < -0.39 is 0 Å². The van der Waals surface area contributed by atoms with Crippen LogP contribution in [0.1, 0.15) is 25.3 Å². The van der Waals surface area contributed by atoms with Crippen molar-refractivity contribution in [1.82, 2.24) is 5.32 Å². The van der Waals surface area contributed by atoms with E-state index in [1.807, 2.05) is 25.1 Å². The van der Waals surface area contributed by atoms with Crippen LogP contribution in [0.4, 0.5) is 0 Å². The summed E-state index contributed by atoms with van der Waals surface area (Å²) in [6.45, 7) is 1.94. The molecule has 1 rings (SSSR count). The highest BCUT2D eigenvalue weighted by Crippen LogP contribution is 2.04. The van der Waals surface area contributed by atoms with Crippen LogP contribution in [-0.2, 0) is 11.2 Å². The van der Waals surface area contributed by atoms with Crippen LogP contribution in [0.2, 0.25) is 0 Å². The van der Waals surface area contributed by atoms with Crippen LogP contribution in [0, 0.1) is 0 Å². The lowest BCUT2D eigenvalue weighted by Gasteiger charge is -2.13. The van der Waals surface area contributed by atoms with Crippen molar-refractivity contribution < 1.29 is 10.0 Å². The number of amides is 1. The number of aryl methyl sites for hydroxylation is 1. The molecule has 0 saturated carbocycles. The van der Waals surface area contributed by atoms with Gasteiger partial charge in [-0.3, -0.25) is 4.79 Å². The predicted octanol–water partition coefficient (Wildman–Crippen LogP) is 1.26. The fraction of sp³-hybridized carbons (Fsp3) is 0.385. The molecule has 0 aliphatic carbocycles. The third-order valence-corrected chi connectivity index (χ3v) is 2.59. The van der Waals surface area contributed by atoms with Gasteiger partial charge in [-0.15, -0.1) is 0 Å². The molecule has 0 aliphatic heterocycles. The van der Waals surface area contributed by atoms with Crippen molar-refractivity contribution in [2.75, 3.05) is 0 Å². The first-order valence-electron chi connectivity index (χ1n) is 5.91. The van der Waals surface area contributed by atoms with Crippen LogP contribution >= 0.6 is 0 Å². The summed E-state index contributed by atoms with van der Waals surface area (Å²) in [5.41, 5.74) is 6.50. The quantitative estimate of drug-likeness (QED) is 0.307. The first-order valence-corrected chi connectivity index (χ1v) is 5.91. The third kappa shape index (κ3) is 5.34. The maximum absolute atomic E-state index is 11.5. The zero-order valence-corrected chi connectivity index (χ0v) is 10.5. The molecule has 1 aromatic rings. The molecule has 0 saturated heterocycles. The van der Waals surface area contributed by atoms with Crippen LogP contribution in [0.25, 0.3) is 0 Å². The van der Waals surface area contributed by atoms with Crippen LogP contribution in [-0.4, -0.2) is 23.0 Å². The Kier molecular flexibility index (Phi) is 5.70. The summed E-state index contributed by atoms with van der Waals surface area (Å²) in [4.78, 5) is 11.5. The van der Waals surface area contributed by atoms with Gasteiger partial charge in [0, 0.05) is 6.04 Å². The first-order chi connectivity index (χ1) is 8.61. The lowest BCUT2D eigenvalue weighted by molar-refractivity contribution is -0.120. The summed E-state index contributed by atoms with van der Waals surface area (Å²) >= 11 is 0. The summed E-state index contributed by atoms with van der Waals surface area (Å²) in [5.74, 6) is -0.311. The molecule has 0 heterocycles. The van der Waals surface area contributed by atoms with Crippen molar-refractivity contribution >= 4 is 11.7 Å². The van der Waals surface area contributed by atoms with E-state index in [1.54, 1.807) is 0 Å². The van der Waals surface area contributed by atoms with E-state index in [2.05, 4.69) is 22.6 Å². The molecule has 0 radical (unpaired) electrons. The van der Waals surface area contributed by atoms with Crippen LogP contribution in [0.5, 0.6) is 0 Å². The Labute approximate surface area is 107 Å². The van der Waals surface area contributed by atoms with E-state index in [1.165, 1.54) is 5.56 Å². The molecular weight excluding hydrogens is 230 g/mol. The summed E-state index contributed by atoms with van der Waals surface area (Å²) < 4.78 is 0. The molecule has 0 fully saturated rings. The van der Waals surface area contributed by atoms with Crippen LogP contribution < -0.4 is 11.1 Å². The van der Waals surface area contributed by atoms with Gasteiger partial charge >= 0.3 is 0 Å². The number of carbonyl (C=O) groups excluding carboxylic acids is 1. The molecule has 1 amide bonds.